The number of halogens is 3. The maximum Gasteiger partial charge on any atom is 0.153 e. The van der Waals surface area contributed by atoms with Crippen molar-refractivity contribution in [2.24, 2.45) is 7.05 Å². The van der Waals surface area contributed by atoms with Gasteiger partial charge in [-0.1, -0.05) is 29.8 Å². The molecule has 0 bridgehead atoms. The molecule has 1 atom stereocenters. The van der Waals surface area contributed by atoms with Crippen LogP contribution in [0.4, 0.5) is 4.39 Å². The summed E-state index contributed by atoms with van der Waals surface area (Å²) in [5, 5.41) is 11.7. The molecule has 7 heteroatoms. The van der Waals surface area contributed by atoms with Gasteiger partial charge in [0.2, 0.25) is 0 Å². The largest absolute Gasteiger partial charge is 0.305 e. The highest BCUT2D eigenvalue weighted by molar-refractivity contribution is 9.10. The molecule has 0 spiro atoms. The van der Waals surface area contributed by atoms with E-state index >= 15 is 0 Å². The summed E-state index contributed by atoms with van der Waals surface area (Å²) in [6.45, 7) is 2.88. The Morgan fingerprint density at radius 1 is 1.50 bits per heavy atom. The lowest BCUT2D eigenvalue weighted by molar-refractivity contribution is 0.548. The van der Waals surface area contributed by atoms with E-state index < -0.39 is 0 Å². The first-order chi connectivity index (χ1) is 9.54. The number of aromatic nitrogens is 3. The lowest BCUT2D eigenvalue weighted by Gasteiger charge is -2.20. The van der Waals surface area contributed by atoms with Crippen molar-refractivity contribution in [3.8, 4) is 0 Å². The summed E-state index contributed by atoms with van der Waals surface area (Å²) < 4.78 is 15.5. The van der Waals surface area contributed by atoms with E-state index in [1.165, 1.54) is 12.1 Å². The van der Waals surface area contributed by atoms with E-state index in [1.54, 1.807) is 10.7 Å². The monoisotopic (exact) mass is 360 g/mol. The number of hydrogen-bond acceptors (Lipinski definition) is 3. The van der Waals surface area contributed by atoms with Gasteiger partial charge in [0.05, 0.1) is 11.7 Å². The fraction of sp³-hybridized carbons (Fsp3) is 0.385. The minimum Gasteiger partial charge on any atom is -0.305 e. The second-order valence-corrected chi connectivity index (χ2v) is 5.60. The Hall–Kier alpha value is -0.980. The highest BCUT2D eigenvalue weighted by Crippen LogP contribution is 2.31. The SMILES string of the molecule is CCCNC(c1ccc(F)cc1Cl)c1c(Br)nnn1C. The molecule has 0 aliphatic heterocycles. The zero-order valence-corrected chi connectivity index (χ0v) is 13.5. The Labute approximate surface area is 130 Å². The third kappa shape index (κ3) is 3.19. The van der Waals surface area contributed by atoms with Gasteiger partial charge in [0.25, 0.3) is 0 Å². The summed E-state index contributed by atoms with van der Waals surface area (Å²) in [7, 11) is 1.81. The number of aryl methyl sites for hydroxylation is 1. The van der Waals surface area contributed by atoms with E-state index in [-0.39, 0.29) is 11.9 Å². The first-order valence-electron chi connectivity index (χ1n) is 6.28. The molecule has 0 aliphatic rings. The summed E-state index contributed by atoms with van der Waals surface area (Å²) in [5.74, 6) is -0.352. The van der Waals surface area contributed by atoms with Crippen molar-refractivity contribution in [1.82, 2.24) is 20.3 Å². The van der Waals surface area contributed by atoms with Crippen molar-refractivity contribution in [2.45, 2.75) is 19.4 Å². The molecule has 1 heterocycles. The summed E-state index contributed by atoms with van der Waals surface area (Å²) in [6, 6.07) is 4.21. The van der Waals surface area contributed by atoms with E-state index in [0.29, 0.717) is 9.63 Å². The average molecular weight is 362 g/mol. The van der Waals surface area contributed by atoms with Gasteiger partial charge in [-0.05, 0) is 46.6 Å². The van der Waals surface area contributed by atoms with Gasteiger partial charge in [-0.15, -0.1) is 5.10 Å². The Kier molecular flexibility index (Phi) is 5.12. The fourth-order valence-electron chi connectivity index (χ4n) is 2.02. The molecule has 2 rings (SSSR count). The molecule has 1 N–H and O–H groups in total. The standard InChI is InChI=1S/C13H15BrClFN4/c1-3-6-17-11(12-13(14)18-19-20(12)2)9-5-4-8(16)7-10(9)15/h4-5,7,11,17H,3,6H2,1-2H3. The van der Waals surface area contributed by atoms with E-state index in [1.807, 2.05) is 7.05 Å². The van der Waals surface area contributed by atoms with Crippen LogP contribution in [0.25, 0.3) is 0 Å². The van der Waals surface area contributed by atoms with E-state index in [9.17, 15) is 4.39 Å². The van der Waals surface area contributed by atoms with E-state index in [0.717, 1.165) is 24.2 Å². The Morgan fingerprint density at radius 3 is 2.80 bits per heavy atom. The fourth-order valence-corrected chi connectivity index (χ4v) is 2.86. The normalized spacial score (nSPS) is 12.7. The van der Waals surface area contributed by atoms with Gasteiger partial charge in [0.1, 0.15) is 5.82 Å². The molecule has 108 valence electrons. The van der Waals surface area contributed by atoms with Gasteiger partial charge in [-0.3, -0.25) is 0 Å². The first-order valence-corrected chi connectivity index (χ1v) is 7.45. The third-order valence-electron chi connectivity index (χ3n) is 2.97. The molecule has 0 fully saturated rings. The van der Waals surface area contributed by atoms with Crippen molar-refractivity contribution < 1.29 is 4.39 Å². The molecule has 0 saturated heterocycles. The quantitative estimate of drug-likeness (QED) is 0.887. The number of hydrogen-bond donors (Lipinski definition) is 1. The molecule has 4 nitrogen and oxygen atoms in total. The van der Waals surface area contributed by atoms with Gasteiger partial charge in [0, 0.05) is 12.1 Å². The zero-order chi connectivity index (χ0) is 14.7. The lowest BCUT2D eigenvalue weighted by atomic mass is 10.0. The van der Waals surface area contributed by atoms with Crippen molar-refractivity contribution >= 4 is 27.5 Å². The first kappa shape index (κ1) is 15.4. The van der Waals surface area contributed by atoms with Gasteiger partial charge in [-0.2, -0.15) is 0 Å². The van der Waals surface area contributed by atoms with E-state index in [2.05, 4.69) is 38.5 Å². The van der Waals surface area contributed by atoms with Crippen LogP contribution in [-0.2, 0) is 7.05 Å². The Morgan fingerprint density at radius 2 is 2.25 bits per heavy atom. The summed E-state index contributed by atoms with van der Waals surface area (Å²) >= 11 is 9.57. The molecule has 0 aliphatic carbocycles. The molecule has 0 amide bonds. The van der Waals surface area contributed by atoms with Crippen LogP contribution in [0, 0.1) is 5.82 Å². The molecule has 1 aromatic heterocycles. The van der Waals surface area contributed by atoms with Crippen molar-refractivity contribution in [3.63, 3.8) is 0 Å². The number of benzene rings is 1. The number of rotatable bonds is 5. The number of nitrogens with zero attached hydrogens (tertiary/aromatic N) is 3. The molecule has 0 radical (unpaired) electrons. The highest BCUT2D eigenvalue weighted by Gasteiger charge is 2.23. The van der Waals surface area contributed by atoms with Crippen LogP contribution >= 0.6 is 27.5 Å². The van der Waals surface area contributed by atoms with Crippen LogP contribution in [0.15, 0.2) is 22.8 Å². The van der Waals surface area contributed by atoms with Crippen LogP contribution in [0.1, 0.15) is 30.6 Å². The topological polar surface area (TPSA) is 42.7 Å². The summed E-state index contributed by atoms with van der Waals surface area (Å²) in [5.41, 5.74) is 1.65. The second kappa shape index (κ2) is 6.65. The van der Waals surface area contributed by atoms with Crippen LogP contribution in [-0.4, -0.2) is 21.5 Å². The number of nitrogens with one attached hydrogen (secondary N) is 1. The van der Waals surface area contributed by atoms with Crippen molar-refractivity contribution in [3.05, 3.63) is 44.9 Å². The van der Waals surface area contributed by atoms with Crippen LogP contribution in [0.2, 0.25) is 5.02 Å². The van der Waals surface area contributed by atoms with Crippen LogP contribution < -0.4 is 5.32 Å². The Balaban J connectivity index is 2.47. The molecule has 1 aromatic carbocycles. The van der Waals surface area contributed by atoms with Gasteiger partial charge in [0.15, 0.2) is 4.60 Å². The smallest absolute Gasteiger partial charge is 0.153 e. The highest BCUT2D eigenvalue weighted by atomic mass is 79.9. The van der Waals surface area contributed by atoms with Crippen molar-refractivity contribution in [1.29, 1.82) is 0 Å². The Bertz CT molecular complexity index is 583. The molecule has 0 saturated carbocycles. The van der Waals surface area contributed by atoms with Gasteiger partial charge in [-0.25, -0.2) is 9.07 Å². The van der Waals surface area contributed by atoms with Crippen LogP contribution in [0.5, 0.6) is 0 Å². The van der Waals surface area contributed by atoms with Crippen molar-refractivity contribution in [2.75, 3.05) is 6.54 Å². The minimum atomic E-state index is -0.352. The molecular weight excluding hydrogens is 347 g/mol. The van der Waals surface area contributed by atoms with E-state index in [4.69, 9.17) is 11.6 Å². The molecule has 2 aromatic rings. The lowest BCUT2D eigenvalue weighted by Crippen LogP contribution is -2.26. The maximum atomic E-state index is 13.2. The predicted octanol–water partition coefficient (Wildman–Crippen LogP) is 3.46. The summed E-state index contributed by atoms with van der Waals surface area (Å²) in [4.78, 5) is 0. The van der Waals surface area contributed by atoms with Crippen LogP contribution in [0.3, 0.4) is 0 Å². The maximum absolute atomic E-state index is 13.2. The zero-order valence-electron chi connectivity index (χ0n) is 11.2. The average Bonchev–Trinajstić information content (AvgIpc) is 2.72. The van der Waals surface area contributed by atoms with Gasteiger partial charge >= 0.3 is 0 Å². The molecular formula is C13H15BrClFN4. The molecule has 20 heavy (non-hydrogen) atoms. The van der Waals surface area contributed by atoms with Gasteiger partial charge < -0.3 is 5.32 Å². The summed E-state index contributed by atoms with van der Waals surface area (Å²) in [6.07, 6.45) is 0.970. The predicted molar refractivity (Wildman–Crippen MR) is 80.2 cm³/mol. The second-order valence-electron chi connectivity index (χ2n) is 4.44. The molecule has 1 unspecified atom stereocenters. The minimum absolute atomic E-state index is 0.197. The third-order valence-corrected chi connectivity index (χ3v) is 3.86.